The molecule has 3 atom stereocenters. The summed E-state index contributed by atoms with van der Waals surface area (Å²) in [6.45, 7) is -0.100. The summed E-state index contributed by atoms with van der Waals surface area (Å²) in [5.41, 5.74) is 0. The van der Waals surface area contributed by atoms with Gasteiger partial charge in [0.05, 0.1) is 25.4 Å². The van der Waals surface area contributed by atoms with Crippen LogP contribution in [0, 0.1) is 0 Å². The van der Waals surface area contributed by atoms with Gasteiger partial charge in [0.1, 0.15) is 12.2 Å². The molecule has 10 nitrogen and oxygen atoms in total. The zero-order chi connectivity index (χ0) is 17.9. The smallest absolute Gasteiger partial charge is 0.264 e. The SMILES string of the molecule is CS(=O)(=O)OC[C@@H](OS(C)(=O)=O)[C@@H](OS(C)(=O)=O)[C@@H]1CCCN1. The maximum atomic E-state index is 11.5. The van der Waals surface area contributed by atoms with Gasteiger partial charge < -0.3 is 5.32 Å². The molecule has 1 aliphatic heterocycles. The maximum absolute atomic E-state index is 11.5. The summed E-state index contributed by atoms with van der Waals surface area (Å²) >= 11 is 0. The molecule has 0 bridgehead atoms. The van der Waals surface area contributed by atoms with Gasteiger partial charge in [-0.15, -0.1) is 0 Å². The second-order valence-electron chi connectivity index (χ2n) is 5.30. The lowest BCUT2D eigenvalue weighted by Gasteiger charge is -2.29. The van der Waals surface area contributed by atoms with Gasteiger partial charge in [-0.1, -0.05) is 0 Å². The monoisotopic (exact) mass is 395 g/mol. The molecule has 0 unspecified atom stereocenters. The van der Waals surface area contributed by atoms with E-state index >= 15 is 0 Å². The fraction of sp³-hybridized carbons (Fsp3) is 1.00. The Kier molecular flexibility index (Phi) is 6.96. The second-order valence-corrected chi connectivity index (χ2v) is 10.1. The van der Waals surface area contributed by atoms with E-state index in [2.05, 4.69) is 9.50 Å². The second kappa shape index (κ2) is 7.72. The van der Waals surface area contributed by atoms with Crippen LogP contribution in [-0.2, 0) is 42.9 Å². The van der Waals surface area contributed by atoms with Crippen LogP contribution in [0.25, 0.3) is 0 Å². The van der Waals surface area contributed by atoms with Gasteiger partial charge >= 0.3 is 0 Å². The zero-order valence-corrected chi connectivity index (χ0v) is 15.4. The molecule has 23 heavy (non-hydrogen) atoms. The predicted molar refractivity (Wildman–Crippen MR) is 81.3 cm³/mol. The Morgan fingerprint density at radius 3 is 1.91 bits per heavy atom. The van der Waals surface area contributed by atoms with Gasteiger partial charge in [-0.05, 0) is 19.4 Å². The molecule has 1 rings (SSSR count). The van der Waals surface area contributed by atoms with Crippen molar-refractivity contribution in [3.8, 4) is 0 Å². The van der Waals surface area contributed by atoms with E-state index in [1.807, 2.05) is 0 Å². The molecule has 1 saturated heterocycles. The molecule has 0 amide bonds. The molecular weight excluding hydrogens is 374 g/mol. The van der Waals surface area contributed by atoms with Crippen LogP contribution in [0.15, 0.2) is 0 Å². The fourth-order valence-electron chi connectivity index (χ4n) is 2.17. The first kappa shape index (κ1) is 20.7. The van der Waals surface area contributed by atoms with Crippen LogP contribution in [0.1, 0.15) is 12.8 Å². The summed E-state index contributed by atoms with van der Waals surface area (Å²) in [7, 11) is -11.8. The standard InChI is InChI=1S/C10H21NO9S3/c1-21(12,13)18-7-9(19-22(2,14)15)10(20-23(3,16)17)8-5-4-6-11-8/h8-11H,4-7H2,1-3H3/t8-,9+,10-/m0/s1. The van der Waals surface area contributed by atoms with Crippen molar-refractivity contribution < 1.29 is 37.8 Å². The first-order valence-electron chi connectivity index (χ1n) is 6.61. The average Bonchev–Trinajstić information content (AvgIpc) is 2.81. The van der Waals surface area contributed by atoms with Crippen molar-refractivity contribution in [3.63, 3.8) is 0 Å². The lowest BCUT2D eigenvalue weighted by atomic mass is 10.0. The molecule has 0 radical (unpaired) electrons. The van der Waals surface area contributed by atoms with Gasteiger partial charge in [-0.3, -0.25) is 12.5 Å². The lowest BCUT2D eigenvalue weighted by molar-refractivity contribution is 0.0158. The molecule has 138 valence electrons. The molecule has 0 aromatic heterocycles. The van der Waals surface area contributed by atoms with Gasteiger partial charge in [0.2, 0.25) is 0 Å². The first-order valence-corrected chi connectivity index (χ1v) is 12.1. The molecule has 0 aliphatic carbocycles. The minimum absolute atomic E-state index is 0.514. The van der Waals surface area contributed by atoms with E-state index in [0.717, 1.165) is 25.2 Å². The van der Waals surface area contributed by atoms with E-state index in [0.29, 0.717) is 13.0 Å². The third-order valence-corrected chi connectivity index (χ3v) is 4.62. The van der Waals surface area contributed by atoms with E-state index in [1.54, 1.807) is 0 Å². The summed E-state index contributed by atoms with van der Waals surface area (Å²) in [6.07, 6.45) is 0.915. The van der Waals surface area contributed by atoms with Crippen molar-refractivity contribution in [2.45, 2.75) is 31.1 Å². The third-order valence-electron chi connectivity index (χ3n) is 2.89. The topological polar surface area (TPSA) is 142 Å². The van der Waals surface area contributed by atoms with Gasteiger partial charge in [0, 0.05) is 6.04 Å². The third kappa shape index (κ3) is 8.93. The van der Waals surface area contributed by atoms with Crippen LogP contribution >= 0.6 is 0 Å². The van der Waals surface area contributed by atoms with Crippen LogP contribution in [-0.4, -0.2) is 75.4 Å². The highest BCUT2D eigenvalue weighted by molar-refractivity contribution is 7.86. The van der Waals surface area contributed by atoms with Crippen LogP contribution in [0.4, 0.5) is 0 Å². The van der Waals surface area contributed by atoms with E-state index in [9.17, 15) is 25.3 Å². The largest absolute Gasteiger partial charge is 0.311 e. The van der Waals surface area contributed by atoms with Gasteiger partial charge in [0.15, 0.2) is 0 Å². The highest BCUT2D eigenvalue weighted by atomic mass is 32.2. The predicted octanol–water partition coefficient (Wildman–Crippen LogP) is -1.60. The molecule has 0 saturated carbocycles. The van der Waals surface area contributed by atoms with Crippen molar-refractivity contribution >= 4 is 30.4 Å². The highest BCUT2D eigenvalue weighted by Gasteiger charge is 2.38. The van der Waals surface area contributed by atoms with Gasteiger partial charge in [-0.25, -0.2) is 0 Å². The molecule has 1 heterocycles. The zero-order valence-electron chi connectivity index (χ0n) is 13.0. The summed E-state index contributed by atoms with van der Waals surface area (Å²) in [5.74, 6) is 0. The Balaban J connectivity index is 3.07. The van der Waals surface area contributed by atoms with E-state index in [4.69, 9.17) is 8.37 Å². The number of rotatable bonds is 9. The van der Waals surface area contributed by atoms with Crippen LogP contribution < -0.4 is 5.32 Å². The van der Waals surface area contributed by atoms with Gasteiger partial charge in [0.25, 0.3) is 30.4 Å². The summed E-state index contributed by atoms with van der Waals surface area (Å²) in [6, 6.07) is -0.514. The number of hydrogen-bond donors (Lipinski definition) is 1. The maximum Gasteiger partial charge on any atom is 0.264 e. The van der Waals surface area contributed by atoms with E-state index < -0.39 is 55.2 Å². The Bertz CT molecular complexity index is 692. The number of nitrogens with one attached hydrogen (secondary N) is 1. The van der Waals surface area contributed by atoms with Crippen LogP contribution in [0.3, 0.4) is 0 Å². The van der Waals surface area contributed by atoms with Crippen molar-refractivity contribution in [2.24, 2.45) is 0 Å². The average molecular weight is 395 g/mol. The quantitative estimate of drug-likeness (QED) is 0.454. The molecule has 1 N–H and O–H groups in total. The molecule has 1 aliphatic rings. The van der Waals surface area contributed by atoms with E-state index in [1.165, 1.54) is 0 Å². The number of hydrogen-bond acceptors (Lipinski definition) is 10. The van der Waals surface area contributed by atoms with Crippen molar-refractivity contribution in [2.75, 3.05) is 31.9 Å². The normalized spacial score (nSPS) is 22.8. The molecule has 13 heteroatoms. The van der Waals surface area contributed by atoms with Crippen LogP contribution in [0.2, 0.25) is 0 Å². The summed E-state index contributed by atoms with van der Waals surface area (Å²) in [4.78, 5) is 0. The Morgan fingerprint density at radius 1 is 0.957 bits per heavy atom. The Hall–Kier alpha value is -0.310. The van der Waals surface area contributed by atoms with E-state index in [-0.39, 0.29) is 0 Å². The van der Waals surface area contributed by atoms with Crippen molar-refractivity contribution in [1.29, 1.82) is 0 Å². The Labute approximate surface area is 136 Å². The van der Waals surface area contributed by atoms with Crippen molar-refractivity contribution in [3.05, 3.63) is 0 Å². The molecule has 0 aromatic rings. The van der Waals surface area contributed by atoms with Crippen LogP contribution in [0.5, 0.6) is 0 Å². The lowest BCUT2D eigenvalue weighted by Crippen LogP contribution is -2.49. The first-order chi connectivity index (χ1) is 10.3. The minimum Gasteiger partial charge on any atom is -0.311 e. The molecule has 0 aromatic carbocycles. The summed E-state index contributed by atoms with van der Waals surface area (Å²) < 4.78 is 82.3. The molecular formula is C10H21NO9S3. The summed E-state index contributed by atoms with van der Waals surface area (Å²) in [5, 5.41) is 2.97. The minimum atomic E-state index is -4.00. The van der Waals surface area contributed by atoms with Gasteiger partial charge in [-0.2, -0.15) is 25.3 Å². The fourth-order valence-corrected chi connectivity index (χ4v) is 3.83. The Morgan fingerprint density at radius 2 is 1.52 bits per heavy atom. The highest BCUT2D eigenvalue weighted by Crippen LogP contribution is 2.21. The molecule has 0 spiro atoms. The molecule has 1 fully saturated rings. The van der Waals surface area contributed by atoms with Crippen molar-refractivity contribution in [1.82, 2.24) is 5.32 Å².